The highest BCUT2D eigenvalue weighted by Gasteiger charge is 2.48. The van der Waals surface area contributed by atoms with Crippen LogP contribution >= 0.6 is 0 Å². The van der Waals surface area contributed by atoms with Gasteiger partial charge in [0.15, 0.2) is 0 Å². The van der Waals surface area contributed by atoms with Crippen molar-refractivity contribution in [3.05, 3.63) is 66.0 Å². The summed E-state index contributed by atoms with van der Waals surface area (Å²) < 4.78 is 0. The van der Waals surface area contributed by atoms with Crippen LogP contribution in [-0.4, -0.2) is 45.3 Å². The maximum atomic E-state index is 12.1. The van der Waals surface area contributed by atoms with Gasteiger partial charge in [-0.25, -0.2) is 0 Å². The van der Waals surface area contributed by atoms with Crippen molar-refractivity contribution in [2.24, 2.45) is 5.41 Å². The van der Waals surface area contributed by atoms with Crippen LogP contribution in [-0.2, 0) is 17.8 Å². The predicted octanol–water partition coefficient (Wildman–Crippen LogP) is 2.74. The Morgan fingerprint density at radius 3 is 2.58 bits per heavy atom. The van der Waals surface area contributed by atoms with Crippen molar-refractivity contribution in [3.8, 4) is 0 Å². The molecule has 1 aromatic heterocycles. The molecule has 1 aromatic carbocycles. The van der Waals surface area contributed by atoms with Gasteiger partial charge in [0, 0.05) is 32.0 Å². The molecule has 2 atom stereocenters. The number of carboxylic acids is 1. The van der Waals surface area contributed by atoms with Crippen molar-refractivity contribution in [3.63, 3.8) is 0 Å². The highest BCUT2D eigenvalue weighted by molar-refractivity contribution is 5.76. The molecule has 1 aliphatic rings. The van der Waals surface area contributed by atoms with E-state index in [4.69, 9.17) is 0 Å². The van der Waals surface area contributed by atoms with Gasteiger partial charge in [-0.05, 0) is 48.9 Å². The third kappa shape index (κ3) is 4.29. The summed E-state index contributed by atoms with van der Waals surface area (Å²) in [5.41, 5.74) is 1.21. The molecule has 5 nitrogen and oxygen atoms in total. The summed E-state index contributed by atoms with van der Waals surface area (Å²) in [7, 11) is 0. The Hall–Kier alpha value is -2.24. The Bertz CT molecular complexity index is 708. The van der Waals surface area contributed by atoms with E-state index in [2.05, 4.69) is 22.0 Å². The summed E-state index contributed by atoms with van der Waals surface area (Å²) in [4.78, 5) is 18.3. The van der Waals surface area contributed by atoms with E-state index in [1.807, 2.05) is 30.3 Å². The second-order valence-electron chi connectivity index (χ2n) is 7.17. The average Bonchev–Trinajstić information content (AvgIpc) is 2.66. The van der Waals surface area contributed by atoms with Gasteiger partial charge in [0.1, 0.15) is 5.41 Å². The highest BCUT2D eigenvalue weighted by Crippen LogP contribution is 2.36. The first kappa shape index (κ1) is 18.5. The lowest BCUT2D eigenvalue weighted by Gasteiger charge is -2.43. The van der Waals surface area contributed by atoms with Crippen LogP contribution in [0.2, 0.25) is 0 Å². The fraction of sp³-hybridized carbons (Fsp3) is 0.429. The zero-order valence-corrected chi connectivity index (χ0v) is 14.9. The van der Waals surface area contributed by atoms with E-state index in [0.29, 0.717) is 32.5 Å². The first-order valence-electron chi connectivity index (χ1n) is 9.17. The largest absolute Gasteiger partial charge is 0.481 e. The zero-order chi connectivity index (χ0) is 18.4. The van der Waals surface area contributed by atoms with E-state index in [9.17, 15) is 15.0 Å². The molecule has 1 aliphatic heterocycles. The van der Waals surface area contributed by atoms with Gasteiger partial charge in [-0.1, -0.05) is 30.3 Å². The number of piperidine rings is 1. The van der Waals surface area contributed by atoms with Crippen molar-refractivity contribution < 1.29 is 15.0 Å². The fourth-order valence-electron chi connectivity index (χ4n) is 3.86. The third-order valence-electron chi connectivity index (χ3n) is 5.38. The van der Waals surface area contributed by atoms with Crippen molar-refractivity contribution in [1.82, 2.24) is 9.88 Å². The molecule has 5 heteroatoms. The predicted molar refractivity (Wildman–Crippen MR) is 99.6 cm³/mol. The Balaban J connectivity index is 1.67. The van der Waals surface area contributed by atoms with E-state index in [1.165, 1.54) is 5.56 Å². The first-order chi connectivity index (χ1) is 12.6. The first-order valence-corrected chi connectivity index (χ1v) is 9.17. The number of rotatable bonds is 7. The minimum atomic E-state index is -1.10. The second-order valence-corrected chi connectivity index (χ2v) is 7.17. The van der Waals surface area contributed by atoms with Gasteiger partial charge in [0.2, 0.25) is 0 Å². The van der Waals surface area contributed by atoms with E-state index in [0.717, 1.165) is 18.4 Å². The van der Waals surface area contributed by atoms with Crippen LogP contribution in [0.4, 0.5) is 0 Å². The molecule has 3 rings (SSSR count). The van der Waals surface area contributed by atoms with Crippen molar-refractivity contribution in [1.29, 1.82) is 0 Å². The van der Waals surface area contributed by atoms with Crippen molar-refractivity contribution >= 4 is 5.97 Å². The second kappa shape index (κ2) is 8.43. The molecule has 2 N–H and O–H groups in total. The SMILES string of the molecule is O=C(O)[C@]1(CCCc2ccccc2)CN(Cc2ccncc2)CC[C@@H]1O. The van der Waals surface area contributed by atoms with E-state index < -0.39 is 17.5 Å². The fourth-order valence-corrected chi connectivity index (χ4v) is 3.86. The number of aromatic nitrogens is 1. The molecule has 26 heavy (non-hydrogen) atoms. The summed E-state index contributed by atoms with van der Waals surface area (Å²) in [6.45, 7) is 1.76. The lowest BCUT2D eigenvalue weighted by molar-refractivity contribution is -0.164. The van der Waals surface area contributed by atoms with Crippen LogP contribution in [0.1, 0.15) is 30.4 Å². The molecule has 2 aromatic rings. The van der Waals surface area contributed by atoms with Crippen molar-refractivity contribution in [2.45, 2.75) is 38.3 Å². The van der Waals surface area contributed by atoms with Crippen LogP contribution in [0, 0.1) is 5.41 Å². The molecule has 1 saturated heterocycles. The molecular weight excluding hydrogens is 328 g/mol. The summed E-state index contributed by atoms with van der Waals surface area (Å²) >= 11 is 0. The van der Waals surface area contributed by atoms with Gasteiger partial charge in [0.05, 0.1) is 6.10 Å². The molecule has 0 bridgehead atoms. The molecule has 0 saturated carbocycles. The molecule has 0 amide bonds. The molecule has 0 radical (unpaired) electrons. The average molecular weight is 354 g/mol. The number of aliphatic hydroxyl groups is 1. The number of hydrogen-bond acceptors (Lipinski definition) is 4. The normalized spacial score (nSPS) is 23.7. The topological polar surface area (TPSA) is 73.7 Å². The van der Waals surface area contributed by atoms with E-state index in [1.54, 1.807) is 12.4 Å². The molecule has 0 unspecified atom stereocenters. The molecule has 0 aliphatic carbocycles. The number of carboxylic acid groups (broad SMARTS) is 1. The van der Waals surface area contributed by atoms with Gasteiger partial charge in [-0.2, -0.15) is 0 Å². The highest BCUT2D eigenvalue weighted by atomic mass is 16.4. The minimum Gasteiger partial charge on any atom is -0.481 e. The number of nitrogens with zero attached hydrogens (tertiary/aromatic N) is 2. The maximum Gasteiger partial charge on any atom is 0.313 e. The number of aliphatic hydroxyl groups excluding tert-OH is 1. The Kier molecular flexibility index (Phi) is 6.01. The van der Waals surface area contributed by atoms with Gasteiger partial charge in [-0.15, -0.1) is 0 Å². The van der Waals surface area contributed by atoms with Gasteiger partial charge in [0.25, 0.3) is 0 Å². The zero-order valence-electron chi connectivity index (χ0n) is 14.9. The van der Waals surface area contributed by atoms with Crippen LogP contribution in [0.15, 0.2) is 54.9 Å². The maximum absolute atomic E-state index is 12.1. The Labute approximate surface area is 154 Å². The lowest BCUT2D eigenvalue weighted by atomic mass is 9.73. The van der Waals surface area contributed by atoms with Crippen LogP contribution in [0.25, 0.3) is 0 Å². The number of aliphatic carboxylic acids is 1. The summed E-state index contributed by atoms with van der Waals surface area (Å²) in [6, 6.07) is 14.0. The third-order valence-corrected chi connectivity index (χ3v) is 5.38. The van der Waals surface area contributed by atoms with Crippen LogP contribution in [0.3, 0.4) is 0 Å². The summed E-state index contributed by atoms with van der Waals surface area (Å²) in [5, 5.41) is 20.5. The summed E-state index contributed by atoms with van der Waals surface area (Å²) in [6.07, 6.45) is 5.23. The molecule has 2 heterocycles. The number of benzene rings is 1. The van der Waals surface area contributed by atoms with Crippen LogP contribution in [0.5, 0.6) is 0 Å². The van der Waals surface area contributed by atoms with E-state index in [-0.39, 0.29) is 0 Å². The van der Waals surface area contributed by atoms with Crippen LogP contribution < -0.4 is 0 Å². The smallest absolute Gasteiger partial charge is 0.313 e. The minimum absolute atomic E-state index is 0.376. The lowest BCUT2D eigenvalue weighted by Crippen LogP contribution is -2.55. The Morgan fingerprint density at radius 2 is 1.88 bits per heavy atom. The number of hydrogen-bond donors (Lipinski definition) is 2. The Morgan fingerprint density at radius 1 is 1.15 bits per heavy atom. The van der Waals surface area contributed by atoms with Gasteiger partial charge >= 0.3 is 5.97 Å². The molecule has 1 fully saturated rings. The standard InChI is InChI=1S/C21H26N2O3/c24-19-10-14-23(15-18-8-12-22-13-9-18)16-21(19,20(25)26)11-4-7-17-5-2-1-3-6-17/h1-3,5-6,8-9,12-13,19,24H,4,7,10-11,14-16H2,(H,25,26)/t19-,21+/m0/s1. The van der Waals surface area contributed by atoms with Gasteiger partial charge < -0.3 is 10.2 Å². The summed E-state index contributed by atoms with van der Waals surface area (Å²) in [5.74, 6) is -0.891. The number of aryl methyl sites for hydroxylation is 1. The molecule has 138 valence electrons. The number of likely N-dealkylation sites (tertiary alicyclic amines) is 1. The number of carbonyl (C=O) groups is 1. The van der Waals surface area contributed by atoms with Crippen molar-refractivity contribution in [2.75, 3.05) is 13.1 Å². The molecular formula is C21H26N2O3. The van der Waals surface area contributed by atoms with Gasteiger partial charge in [-0.3, -0.25) is 14.7 Å². The number of pyridine rings is 1. The monoisotopic (exact) mass is 354 g/mol. The molecule has 0 spiro atoms. The quantitative estimate of drug-likeness (QED) is 0.800. The van der Waals surface area contributed by atoms with E-state index >= 15 is 0 Å².